The lowest BCUT2D eigenvalue weighted by molar-refractivity contribution is -0.141. The first-order valence-electron chi connectivity index (χ1n) is 4.44. The summed E-state index contributed by atoms with van der Waals surface area (Å²) in [6.07, 6.45) is 2.83. The fourth-order valence-electron chi connectivity index (χ4n) is 2.26. The number of rotatable bonds is 0. The number of Topliss-reactive ketones (excluding diaryl/α,β-unsaturated/α-hetero) is 1. The lowest BCUT2D eigenvalue weighted by Gasteiger charge is -2.39. The molecule has 2 unspecified atom stereocenters. The Morgan fingerprint density at radius 3 is 2.75 bits per heavy atom. The molecule has 2 fully saturated rings. The van der Waals surface area contributed by atoms with Gasteiger partial charge in [-0.15, -0.1) is 0 Å². The van der Waals surface area contributed by atoms with Crippen molar-refractivity contribution in [1.29, 1.82) is 0 Å². The van der Waals surface area contributed by atoms with Crippen LogP contribution in [0.25, 0.3) is 0 Å². The van der Waals surface area contributed by atoms with Crippen molar-refractivity contribution in [1.82, 2.24) is 4.90 Å². The van der Waals surface area contributed by atoms with Gasteiger partial charge in [0, 0.05) is 32.4 Å². The molecule has 1 aliphatic heterocycles. The summed E-state index contributed by atoms with van der Waals surface area (Å²) in [5.74, 6) is 0.888. The molecule has 2 bridgehead atoms. The van der Waals surface area contributed by atoms with Gasteiger partial charge in [0.15, 0.2) is 0 Å². The Hall–Kier alpha value is -0.860. The zero-order valence-electron chi connectivity index (χ0n) is 7.25. The van der Waals surface area contributed by atoms with E-state index in [9.17, 15) is 9.59 Å². The van der Waals surface area contributed by atoms with Crippen molar-refractivity contribution < 1.29 is 9.59 Å². The Bertz CT molecular complexity index is 237. The standard InChI is InChI=1S/C9H13NO2/c1-10-7-2-6(4-9(10)12)3-8(11)5-7/h6-7H,2-5H2,1H3. The van der Waals surface area contributed by atoms with Crippen molar-refractivity contribution in [2.75, 3.05) is 7.05 Å². The highest BCUT2D eigenvalue weighted by molar-refractivity contribution is 5.85. The van der Waals surface area contributed by atoms with Crippen molar-refractivity contribution in [3.05, 3.63) is 0 Å². The molecule has 1 saturated heterocycles. The molecule has 0 aromatic heterocycles. The topological polar surface area (TPSA) is 37.4 Å². The highest BCUT2D eigenvalue weighted by Gasteiger charge is 2.37. The van der Waals surface area contributed by atoms with E-state index in [-0.39, 0.29) is 11.9 Å². The van der Waals surface area contributed by atoms with Crippen molar-refractivity contribution in [2.24, 2.45) is 5.92 Å². The monoisotopic (exact) mass is 167 g/mol. The van der Waals surface area contributed by atoms with Crippen LogP contribution >= 0.6 is 0 Å². The first-order chi connectivity index (χ1) is 5.66. The molecule has 12 heavy (non-hydrogen) atoms. The average molecular weight is 167 g/mol. The molecule has 1 aliphatic carbocycles. The van der Waals surface area contributed by atoms with E-state index in [1.165, 1.54) is 0 Å². The number of hydrogen-bond acceptors (Lipinski definition) is 2. The molecule has 2 atom stereocenters. The van der Waals surface area contributed by atoms with E-state index < -0.39 is 0 Å². The second-order valence-electron chi connectivity index (χ2n) is 3.91. The number of amides is 1. The number of hydrogen-bond donors (Lipinski definition) is 0. The molecule has 66 valence electrons. The van der Waals surface area contributed by atoms with Gasteiger partial charge < -0.3 is 4.90 Å². The smallest absolute Gasteiger partial charge is 0.222 e. The van der Waals surface area contributed by atoms with Gasteiger partial charge in [-0.1, -0.05) is 0 Å². The largest absolute Gasteiger partial charge is 0.342 e. The quantitative estimate of drug-likeness (QED) is 0.529. The highest BCUT2D eigenvalue weighted by Crippen LogP contribution is 2.32. The van der Waals surface area contributed by atoms with Crippen molar-refractivity contribution in [3.8, 4) is 0 Å². The molecule has 0 spiro atoms. The number of carbonyl (C=O) groups excluding carboxylic acids is 2. The second kappa shape index (κ2) is 2.57. The summed E-state index contributed by atoms with van der Waals surface area (Å²) in [6.45, 7) is 0. The molecule has 1 amide bonds. The number of ketones is 1. The SMILES string of the molecule is CN1C(=O)CC2CC(=O)CC1C2. The normalized spacial score (nSPS) is 35.6. The minimum absolute atomic E-state index is 0.206. The zero-order valence-corrected chi connectivity index (χ0v) is 7.25. The van der Waals surface area contributed by atoms with Crippen LogP contribution in [0.3, 0.4) is 0 Å². The van der Waals surface area contributed by atoms with E-state index in [1.54, 1.807) is 4.90 Å². The molecule has 1 saturated carbocycles. The summed E-state index contributed by atoms with van der Waals surface area (Å²) in [5.41, 5.74) is 0. The van der Waals surface area contributed by atoms with Gasteiger partial charge in [-0.3, -0.25) is 9.59 Å². The molecule has 2 rings (SSSR count). The summed E-state index contributed by atoms with van der Waals surface area (Å²) in [5, 5.41) is 0. The lowest BCUT2D eigenvalue weighted by atomic mass is 9.79. The maximum Gasteiger partial charge on any atom is 0.222 e. The molecule has 0 aromatic rings. The summed E-state index contributed by atoms with van der Waals surface area (Å²) in [6, 6.07) is 0.206. The molecule has 1 heterocycles. The van der Waals surface area contributed by atoms with Crippen LogP contribution in [0.15, 0.2) is 0 Å². The summed E-state index contributed by atoms with van der Waals surface area (Å²) in [7, 11) is 1.81. The first-order valence-corrected chi connectivity index (χ1v) is 4.44. The van der Waals surface area contributed by atoms with Crippen LogP contribution in [-0.2, 0) is 9.59 Å². The molecular weight excluding hydrogens is 154 g/mol. The maximum atomic E-state index is 11.3. The summed E-state index contributed by atoms with van der Waals surface area (Å²) >= 11 is 0. The van der Waals surface area contributed by atoms with Crippen LogP contribution in [0.1, 0.15) is 25.7 Å². The van der Waals surface area contributed by atoms with Gasteiger partial charge in [-0.05, 0) is 12.3 Å². The number of fused-ring (bicyclic) bond motifs is 2. The third kappa shape index (κ3) is 1.13. The second-order valence-corrected chi connectivity index (χ2v) is 3.91. The third-order valence-corrected chi connectivity index (χ3v) is 2.99. The Kier molecular flexibility index (Phi) is 1.67. The molecule has 3 heteroatoms. The van der Waals surface area contributed by atoms with E-state index in [1.807, 2.05) is 7.05 Å². The van der Waals surface area contributed by atoms with Gasteiger partial charge in [0.2, 0.25) is 5.91 Å². The molecule has 0 aromatic carbocycles. The lowest BCUT2D eigenvalue weighted by Crippen LogP contribution is -2.48. The van der Waals surface area contributed by atoms with E-state index >= 15 is 0 Å². The van der Waals surface area contributed by atoms with Gasteiger partial charge in [0.25, 0.3) is 0 Å². The highest BCUT2D eigenvalue weighted by atomic mass is 16.2. The van der Waals surface area contributed by atoms with Gasteiger partial charge >= 0.3 is 0 Å². The Balaban J connectivity index is 2.17. The number of piperidine rings is 1. The molecule has 0 N–H and O–H groups in total. The van der Waals surface area contributed by atoms with Crippen LogP contribution in [0.4, 0.5) is 0 Å². The van der Waals surface area contributed by atoms with Crippen molar-refractivity contribution in [3.63, 3.8) is 0 Å². The molecule has 0 radical (unpaired) electrons. The van der Waals surface area contributed by atoms with Gasteiger partial charge in [0.1, 0.15) is 5.78 Å². The predicted octanol–water partition coefficient (Wildman–Crippen LogP) is 0.586. The minimum atomic E-state index is 0.206. The van der Waals surface area contributed by atoms with Crippen molar-refractivity contribution in [2.45, 2.75) is 31.7 Å². The van der Waals surface area contributed by atoms with E-state index in [0.717, 1.165) is 6.42 Å². The summed E-state index contributed by atoms with van der Waals surface area (Å²) < 4.78 is 0. The van der Waals surface area contributed by atoms with Gasteiger partial charge in [0.05, 0.1) is 0 Å². The van der Waals surface area contributed by atoms with Gasteiger partial charge in [-0.25, -0.2) is 0 Å². The fourth-order valence-corrected chi connectivity index (χ4v) is 2.26. The van der Waals surface area contributed by atoms with Crippen LogP contribution in [-0.4, -0.2) is 29.7 Å². The maximum absolute atomic E-state index is 11.3. The Labute approximate surface area is 71.7 Å². The van der Waals surface area contributed by atoms with E-state index in [4.69, 9.17) is 0 Å². The molecule has 3 nitrogen and oxygen atoms in total. The predicted molar refractivity (Wildman–Crippen MR) is 43.5 cm³/mol. The summed E-state index contributed by atoms with van der Waals surface area (Å²) in [4.78, 5) is 24.3. The number of likely N-dealkylation sites (tertiary alicyclic amines) is 1. The third-order valence-electron chi connectivity index (χ3n) is 2.99. The average Bonchev–Trinajstić information content (AvgIpc) is 1.99. The molecule has 2 aliphatic rings. The van der Waals surface area contributed by atoms with Crippen LogP contribution < -0.4 is 0 Å². The van der Waals surface area contributed by atoms with E-state index in [0.29, 0.717) is 31.0 Å². The Morgan fingerprint density at radius 2 is 2.00 bits per heavy atom. The Morgan fingerprint density at radius 1 is 1.25 bits per heavy atom. The minimum Gasteiger partial charge on any atom is -0.342 e. The van der Waals surface area contributed by atoms with Gasteiger partial charge in [-0.2, -0.15) is 0 Å². The number of nitrogens with zero attached hydrogens (tertiary/aromatic N) is 1. The van der Waals surface area contributed by atoms with Crippen molar-refractivity contribution >= 4 is 11.7 Å². The zero-order chi connectivity index (χ0) is 8.72. The van der Waals surface area contributed by atoms with Crippen LogP contribution in [0, 0.1) is 5.92 Å². The van der Waals surface area contributed by atoms with Crippen LogP contribution in [0.2, 0.25) is 0 Å². The van der Waals surface area contributed by atoms with Crippen LogP contribution in [0.5, 0.6) is 0 Å². The fraction of sp³-hybridized carbons (Fsp3) is 0.778. The molecular formula is C9H13NO2. The number of carbonyl (C=O) groups is 2. The first kappa shape index (κ1) is 7.77. The van der Waals surface area contributed by atoms with E-state index in [2.05, 4.69) is 0 Å².